The van der Waals surface area contributed by atoms with Gasteiger partial charge in [0.05, 0.1) is 13.7 Å². The van der Waals surface area contributed by atoms with E-state index in [0.717, 1.165) is 5.56 Å². The van der Waals surface area contributed by atoms with Gasteiger partial charge in [-0.05, 0) is 30.7 Å². The van der Waals surface area contributed by atoms with Crippen LogP contribution in [0.2, 0.25) is 0 Å². The maximum absolute atomic E-state index is 12.3. The van der Waals surface area contributed by atoms with E-state index in [1.54, 1.807) is 24.1 Å². The molecule has 3 amide bonds. The molecule has 0 aromatic heterocycles. The standard InChI is InChI=1S/C17H25F2N3O4/c1-11(2)8-20-17(24)21-15(23)10-22(3)9-12-5-6-13(26-16(18)19)14(7-12)25-4/h5-7,11,16H,8-10H2,1-4H3,(H2,20,21,23,24). The number of ether oxygens (including phenoxy) is 2. The number of imide groups is 1. The van der Waals surface area contributed by atoms with Gasteiger partial charge in [-0.15, -0.1) is 0 Å². The molecule has 146 valence electrons. The molecule has 1 aromatic carbocycles. The number of carbonyl (C=O) groups excluding carboxylic acids is 2. The Balaban J connectivity index is 2.55. The molecule has 0 heterocycles. The lowest BCUT2D eigenvalue weighted by Gasteiger charge is -2.17. The largest absolute Gasteiger partial charge is 0.493 e. The minimum absolute atomic E-state index is 0.00724. The van der Waals surface area contributed by atoms with Crippen molar-refractivity contribution in [1.82, 2.24) is 15.5 Å². The SMILES string of the molecule is COc1cc(CN(C)CC(=O)NC(=O)NCC(C)C)ccc1OC(F)F. The van der Waals surface area contributed by atoms with Crippen molar-refractivity contribution in [3.05, 3.63) is 23.8 Å². The van der Waals surface area contributed by atoms with E-state index in [1.807, 2.05) is 13.8 Å². The first-order valence-electron chi connectivity index (χ1n) is 8.09. The first-order chi connectivity index (χ1) is 12.2. The van der Waals surface area contributed by atoms with Gasteiger partial charge in [0.1, 0.15) is 0 Å². The molecule has 7 nitrogen and oxygen atoms in total. The Morgan fingerprint density at radius 2 is 1.92 bits per heavy atom. The predicted molar refractivity (Wildman–Crippen MR) is 92.3 cm³/mol. The van der Waals surface area contributed by atoms with Crippen molar-refractivity contribution in [3.63, 3.8) is 0 Å². The molecule has 0 aliphatic heterocycles. The van der Waals surface area contributed by atoms with Gasteiger partial charge in [-0.2, -0.15) is 8.78 Å². The predicted octanol–water partition coefficient (Wildman–Crippen LogP) is 2.21. The van der Waals surface area contributed by atoms with E-state index in [4.69, 9.17) is 4.74 Å². The average molecular weight is 373 g/mol. The first-order valence-corrected chi connectivity index (χ1v) is 8.09. The molecule has 0 atom stereocenters. The van der Waals surface area contributed by atoms with Crippen LogP contribution in [0.4, 0.5) is 13.6 Å². The number of alkyl halides is 2. The molecule has 0 spiro atoms. The van der Waals surface area contributed by atoms with Crippen LogP contribution in [0.3, 0.4) is 0 Å². The van der Waals surface area contributed by atoms with Gasteiger partial charge in [-0.1, -0.05) is 19.9 Å². The van der Waals surface area contributed by atoms with Crippen LogP contribution in [0.25, 0.3) is 0 Å². The number of urea groups is 1. The fourth-order valence-electron chi connectivity index (χ4n) is 2.12. The molecule has 26 heavy (non-hydrogen) atoms. The van der Waals surface area contributed by atoms with Gasteiger partial charge in [-0.25, -0.2) is 4.79 Å². The van der Waals surface area contributed by atoms with E-state index in [2.05, 4.69) is 15.4 Å². The number of nitrogens with zero attached hydrogens (tertiary/aromatic N) is 1. The highest BCUT2D eigenvalue weighted by Gasteiger charge is 2.14. The highest BCUT2D eigenvalue weighted by atomic mass is 19.3. The molecule has 0 unspecified atom stereocenters. The lowest BCUT2D eigenvalue weighted by Crippen LogP contribution is -2.44. The van der Waals surface area contributed by atoms with Crippen molar-refractivity contribution in [2.45, 2.75) is 27.0 Å². The third-order valence-electron chi connectivity index (χ3n) is 3.23. The Labute approximate surface area is 151 Å². The van der Waals surface area contributed by atoms with Crippen molar-refractivity contribution >= 4 is 11.9 Å². The van der Waals surface area contributed by atoms with Gasteiger partial charge < -0.3 is 14.8 Å². The molecule has 1 aromatic rings. The Morgan fingerprint density at radius 1 is 1.23 bits per heavy atom. The summed E-state index contributed by atoms with van der Waals surface area (Å²) in [5.74, 6) is -0.0499. The van der Waals surface area contributed by atoms with Crippen molar-refractivity contribution in [1.29, 1.82) is 0 Å². The summed E-state index contributed by atoms with van der Waals surface area (Å²) in [5, 5.41) is 4.84. The normalized spacial score (nSPS) is 11.0. The van der Waals surface area contributed by atoms with Crippen molar-refractivity contribution in [2.24, 2.45) is 5.92 Å². The zero-order valence-corrected chi connectivity index (χ0v) is 15.3. The monoisotopic (exact) mass is 373 g/mol. The second-order valence-corrected chi connectivity index (χ2v) is 6.19. The molecule has 0 bridgehead atoms. The van der Waals surface area contributed by atoms with Crippen LogP contribution in [-0.4, -0.2) is 50.7 Å². The van der Waals surface area contributed by atoms with Crippen LogP contribution in [0, 0.1) is 5.92 Å². The number of hydrogen-bond donors (Lipinski definition) is 2. The summed E-state index contributed by atoms with van der Waals surface area (Å²) in [4.78, 5) is 25.1. The third-order valence-corrected chi connectivity index (χ3v) is 3.23. The molecule has 0 aliphatic carbocycles. The van der Waals surface area contributed by atoms with Crippen LogP contribution >= 0.6 is 0 Å². The van der Waals surface area contributed by atoms with E-state index in [9.17, 15) is 18.4 Å². The van der Waals surface area contributed by atoms with Crippen LogP contribution in [0.1, 0.15) is 19.4 Å². The quantitative estimate of drug-likeness (QED) is 0.694. The van der Waals surface area contributed by atoms with Gasteiger partial charge >= 0.3 is 12.6 Å². The summed E-state index contributed by atoms with van der Waals surface area (Å²) < 4.78 is 34.1. The summed E-state index contributed by atoms with van der Waals surface area (Å²) in [6.45, 7) is 1.77. The number of methoxy groups -OCH3 is 1. The fourth-order valence-corrected chi connectivity index (χ4v) is 2.12. The van der Waals surface area contributed by atoms with Crippen LogP contribution in [0.15, 0.2) is 18.2 Å². The summed E-state index contributed by atoms with van der Waals surface area (Å²) in [7, 11) is 3.05. The second-order valence-electron chi connectivity index (χ2n) is 6.19. The van der Waals surface area contributed by atoms with Crippen LogP contribution < -0.4 is 20.1 Å². The van der Waals surface area contributed by atoms with E-state index in [-0.39, 0.29) is 24.0 Å². The highest BCUT2D eigenvalue weighted by molar-refractivity contribution is 5.95. The number of carbonyl (C=O) groups is 2. The Kier molecular flexibility index (Phi) is 8.77. The van der Waals surface area contributed by atoms with Crippen LogP contribution in [-0.2, 0) is 11.3 Å². The summed E-state index contributed by atoms with van der Waals surface area (Å²) in [6, 6.07) is 4.01. The maximum atomic E-state index is 12.3. The molecule has 0 aliphatic rings. The van der Waals surface area contributed by atoms with Gasteiger partial charge in [-0.3, -0.25) is 15.0 Å². The number of likely N-dealkylation sites (N-methyl/N-ethyl adjacent to an activating group) is 1. The molecule has 0 fully saturated rings. The summed E-state index contributed by atoms with van der Waals surface area (Å²) >= 11 is 0. The zero-order valence-electron chi connectivity index (χ0n) is 15.3. The number of rotatable bonds is 9. The molecular formula is C17H25F2N3O4. The van der Waals surface area contributed by atoms with Gasteiger partial charge in [0.25, 0.3) is 0 Å². The molecule has 2 N–H and O–H groups in total. The van der Waals surface area contributed by atoms with E-state index in [1.165, 1.54) is 13.2 Å². The lowest BCUT2D eigenvalue weighted by molar-refractivity contribution is -0.121. The summed E-state index contributed by atoms with van der Waals surface area (Å²) in [5.41, 5.74) is 0.739. The number of benzene rings is 1. The molecule has 9 heteroatoms. The van der Waals surface area contributed by atoms with E-state index < -0.39 is 18.5 Å². The number of halogens is 2. The topological polar surface area (TPSA) is 79.9 Å². The molecular weight excluding hydrogens is 348 g/mol. The van der Waals surface area contributed by atoms with Gasteiger partial charge in [0, 0.05) is 13.1 Å². The minimum Gasteiger partial charge on any atom is -0.493 e. The van der Waals surface area contributed by atoms with Crippen molar-refractivity contribution < 1.29 is 27.8 Å². The van der Waals surface area contributed by atoms with Crippen molar-refractivity contribution in [2.75, 3.05) is 27.2 Å². The molecule has 0 saturated heterocycles. The van der Waals surface area contributed by atoms with E-state index in [0.29, 0.717) is 13.1 Å². The molecule has 0 radical (unpaired) electrons. The minimum atomic E-state index is -2.94. The summed E-state index contributed by atoms with van der Waals surface area (Å²) in [6.07, 6.45) is 0. The Bertz CT molecular complexity index is 612. The second kappa shape index (κ2) is 10.5. The number of amides is 3. The molecule has 1 rings (SSSR count). The number of hydrogen-bond acceptors (Lipinski definition) is 5. The third kappa shape index (κ3) is 8.11. The van der Waals surface area contributed by atoms with Crippen molar-refractivity contribution in [3.8, 4) is 11.5 Å². The lowest BCUT2D eigenvalue weighted by atomic mass is 10.2. The van der Waals surface area contributed by atoms with Gasteiger partial charge in [0.15, 0.2) is 11.5 Å². The Hall–Kier alpha value is -2.42. The first kappa shape index (κ1) is 21.6. The Morgan fingerprint density at radius 3 is 2.50 bits per heavy atom. The number of nitrogens with one attached hydrogen (secondary N) is 2. The van der Waals surface area contributed by atoms with E-state index >= 15 is 0 Å². The fraction of sp³-hybridized carbons (Fsp3) is 0.529. The average Bonchev–Trinajstić information content (AvgIpc) is 2.53. The van der Waals surface area contributed by atoms with Crippen LogP contribution in [0.5, 0.6) is 11.5 Å². The van der Waals surface area contributed by atoms with Gasteiger partial charge in [0.2, 0.25) is 5.91 Å². The smallest absolute Gasteiger partial charge is 0.387 e. The maximum Gasteiger partial charge on any atom is 0.387 e. The zero-order chi connectivity index (χ0) is 19.7. The highest BCUT2D eigenvalue weighted by Crippen LogP contribution is 2.29. The molecule has 0 saturated carbocycles.